The molecule has 0 bridgehead atoms. The fraction of sp³-hybridized carbons (Fsp3) is 0.357. The third kappa shape index (κ3) is 5.36. The summed E-state index contributed by atoms with van der Waals surface area (Å²) in [5.74, 6) is 0.0394. The van der Waals surface area contributed by atoms with Crippen LogP contribution in [0.4, 0.5) is 5.69 Å². The number of carbonyl (C=O) groups excluding carboxylic acids is 1. The first-order chi connectivity index (χ1) is 11.1. The highest BCUT2D eigenvalue weighted by Crippen LogP contribution is 2.18. The Hall–Kier alpha value is -1.33. The summed E-state index contributed by atoms with van der Waals surface area (Å²) in [5.41, 5.74) is 0.500. The van der Waals surface area contributed by atoms with Crippen molar-refractivity contribution < 1.29 is 9.53 Å². The SMILES string of the molecule is COCCCn1c(SCC(=O)Nc2ccccc2I)n[nH]c1=O. The number of ether oxygens (including phenoxy) is 1. The van der Waals surface area contributed by atoms with E-state index in [1.54, 1.807) is 7.11 Å². The van der Waals surface area contributed by atoms with Gasteiger partial charge >= 0.3 is 5.69 Å². The summed E-state index contributed by atoms with van der Waals surface area (Å²) in [6, 6.07) is 7.55. The quantitative estimate of drug-likeness (QED) is 0.366. The number of H-pyrrole nitrogens is 1. The highest BCUT2D eigenvalue weighted by Gasteiger charge is 2.12. The molecule has 0 aliphatic carbocycles. The van der Waals surface area contributed by atoms with E-state index in [1.807, 2.05) is 24.3 Å². The summed E-state index contributed by atoms with van der Waals surface area (Å²) < 4.78 is 7.47. The number of nitrogens with one attached hydrogen (secondary N) is 2. The third-order valence-corrected chi connectivity index (χ3v) is 4.85. The molecule has 7 nitrogen and oxygen atoms in total. The van der Waals surface area contributed by atoms with Crippen LogP contribution in [-0.4, -0.2) is 40.1 Å². The van der Waals surface area contributed by atoms with Gasteiger partial charge in [-0.15, -0.1) is 5.10 Å². The van der Waals surface area contributed by atoms with E-state index in [0.29, 0.717) is 24.7 Å². The van der Waals surface area contributed by atoms with E-state index in [1.165, 1.54) is 16.3 Å². The number of hydrogen-bond acceptors (Lipinski definition) is 5. The molecule has 2 aromatic rings. The molecule has 0 aliphatic rings. The van der Waals surface area contributed by atoms with Gasteiger partial charge in [0, 0.05) is 23.8 Å². The molecule has 2 rings (SSSR count). The number of amides is 1. The largest absolute Gasteiger partial charge is 0.385 e. The molecular weight excluding hydrogens is 431 g/mol. The van der Waals surface area contributed by atoms with E-state index in [0.717, 1.165) is 9.26 Å². The van der Waals surface area contributed by atoms with E-state index in [4.69, 9.17) is 4.74 Å². The second-order valence-corrected chi connectivity index (χ2v) is 6.73. The van der Waals surface area contributed by atoms with Crippen molar-refractivity contribution in [3.05, 3.63) is 38.3 Å². The Morgan fingerprint density at radius 3 is 3.00 bits per heavy atom. The number of thioether (sulfide) groups is 1. The lowest BCUT2D eigenvalue weighted by Gasteiger charge is -2.07. The fourth-order valence-electron chi connectivity index (χ4n) is 1.86. The monoisotopic (exact) mass is 448 g/mol. The second-order valence-electron chi connectivity index (χ2n) is 4.63. The van der Waals surface area contributed by atoms with Gasteiger partial charge in [-0.2, -0.15) is 0 Å². The molecular formula is C14H17IN4O3S. The zero-order chi connectivity index (χ0) is 16.7. The molecule has 0 radical (unpaired) electrons. The van der Waals surface area contributed by atoms with Crippen LogP contribution in [0.3, 0.4) is 0 Å². The maximum atomic E-state index is 12.0. The molecule has 1 aromatic carbocycles. The zero-order valence-corrected chi connectivity index (χ0v) is 15.5. The number of hydrogen-bond donors (Lipinski definition) is 2. The molecule has 0 saturated carbocycles. The van der Waals surface area contributed by atoms with E-state index >= 15 is 0 Å². The summed E-state index contributed by atoms with van der Waals surface area (Å²) in [4.78, 5) is 23.7. The third-order valence-electron chi connectivity index (χ3n) is 2.93. The first kappa shape index (κ1) is 18.0. The standard InChI is InChI=1S/C14H17IN4O3S/c1-22-8-4-7-19-13(21)17-18-14(19)23-9-12(20)16-11-6-3-2-5-10(11)15/h2-3,5-6H,4,7-9H2,1H3,(H,16,20)(H,17,21). The Balaban J connectivity index is 1.92. The molecule has 1 amide bonds. The van der Waals surface area contributed by atoms with Crippen molar-refractivity contribution in [1.82, 2.24) is 14.8 Å². The van der Waals surface area contributed by atoms with Crippen LogP contribution >= 0.6 is 34.4 Å². The number of para-hydroxylation sites is 1. The van der Waals surface area contributed by atoms with Crippen molar-refractivity contribution in [2.45, 2.75) is 18.1 Å². The highest BCUT2D eigenvalue weighted by molar-refractivity contribution is 14.1. The average Bonchev–Trinajstić information content (AvgIpc) is 2.88. The minimum atomic E-state index is -0.276. The number of benzene rings is 1. The van der Waals surface area contributed by atoms with E-state index in [-0.39, 0.29) is 17.3 Å². The number of carbonyl (C=O) groups is 1. The molecule has 0 atom stereocenters. The highest BCUT2D eigenvalue weighted by atomic mass is 127. The van der Waals surface area contributed by atoms with Crippen LogP contribution in [0.2, 0.25) is 0 Å². The average molecular weight is 448 g/mol. The van der Waals surface area contributed by atoms with E-state index in [9.17, 15) is 9.59 Å². The summed E-state index contributed by atoms with van der Waals surface area (Å²) in [6.45, 7) is 1.07. The molecule has 0 unspecified atom stereocenters. The lowest BCUT2D eigenvalue weighted by atomic mass is 10.3. The van der Waals surface area contributed by atoms with Crippen LogP contribution in [0.25, 0.3) is 0 Å². The van der Waals surface area contributed by atoms with Crippen molar-refractivity contribution in [2.24, 2.45) is 0 Å². The van der Waals surface area contributed by atoms with Crippen LogP contribution in [-0.2, 0) is 16.1 Å². The molecule has 0 fully saturated rings. The van der Waals surface area contributed by atoms with Crippen molar-refractivity contribution in [1.29, 1.82) is 0 Å². The van der Waals surface area contributed by atoms with Gasteiger partial charge in [0.25, 0.3) is 0 Å². The minimum Gasteiger partial charge on any atom is -0.385 e. The zero-order valence-electron chi connectivity index (χ0n) is 12.5. The number of aromatic nitrogens is 3. The molecule has 1 aromatic heterocycles. The number of halogens is 1. The molecule has 124 valence electrons. The maximum absolute atomic E-state index is 12.0. The van der Waals surface area contributed by atoms with Crippen LogP contribution in [0.5, 0.6) is 0 Å². The lowest BCUT2D eigenvalue weighted by molar-refractivity contribution is -0.113. The fourth-order valence-corrected chi connectivity index (χ4v) is 3.15. The smallest absolute Gasteiger partial charge is 0.343 e. The molecule has 23 heavy (non-hydrogen) atoms. The Morgan fingerprint density at radius 1 is 1.48 bits per heavy atom. The minimum absolute atomic E-state index is 0.141. The topological polar surface area (TPSA) is 89.0 Å². The van der Waals surface area contributed by atoms with Gasteiger partial charge in [-0.25, -0.2) is 9.89 Å². The normalized spacial score (nSPS) is 10.7. The Kier molecular flexibility index (Phi) is 7.12. The Bertz CT molecular complexity index is 716. The van der Waals surface area contributed by atoms with Crippen molar-refractivity contribution in [3.63, 3.8) is 0 Å². The van der Waals surface area contributed by atoms with Gasteiger partial charge in [0.2, 0.25) is 5.91 Å². The van der Waals surface area contributed by atoms with Crippen molar-refractivity contribution >= 4 is 45.9 Å². The first-order valence-electron chi connectivity index (χ1n) is 6.93. The predicted molar refractivity (Wildman–Crippen MR) is 97.9 cm³/mol. The summed E-state index contributed by atoms with van der Waals surface area (Å²) in [6.07, 6.45) is 0.706. The summed E-state index contributed by atoms with van der Waals surface area (Å²) >= 11 is 3.39. The number of anilines is 1. The van der Waals surface area contributed by atoms with Gasteiger partial charge in [0.05, 0.1) is 11.4 Å². The molecule has 0 spiro atoms. The van der Waals surface area contributed by atoms with Gasteiger partial charge in [-0.1, -0.05) is 23.9 Å². The van der Waals surface area contributed by atoms with Gasteiger partial charge in [0.15, 0.2) is 5.16 Å². The molecule has 9 heteroatoms. The Labute approximate surface area is 151 Å². The molecule has 1 heterocycles. The molecule has 0 saturated heterocycles. The summed E-state index contributed by atoms with van der Waals surface area (Å²) in [7, 11) is 1.61. The number of nitrogens with zero attached hydrogens (tertiary/aromatic N) is 2. The van der Waals surface area contributed by atoms with Gasteiger partial charge in [0.1, 0.15) is 0 Å². The second kappa shape index (κ2) is 9.08. The van der Waals surface area contributed by atoms with E-state index < -0.39 is 0 Å². The number of methoxy groups -OCH3 is 1. The number of rotatable bonds is 8. The van der Waals surface area contributed by atoms with Gasteiger partial charge in [-0.05, 0) is 41.1 Å². The maximum Gasteiger partial charge on any atom is 0.343 e. The lowest BCUT2D eigenvalue weighted by Crippen LogP contribution is -2.19. The molecule has 0 aliphatic heterocycles. The Morgan fingerprint density at radius 2 is 2.26 bits per heavy atom. The van der Waals surface area contributed by atoms with Gasteiger partial charge < -0.3 is 10.1 Å². The van der Waals surface area contributed by atoms with Crippen molar-refractivity contribution in [3.8, 4) is 0 Å². The molecule has 2 N–H and O–H groups in total. The first-order valence-corrected chi connectivity index (χ1v) is 8.99. The predicted octanol–water partition coefficient (Wildman–Crippen LogP) is 1.94. The van der Waals surface area contributed by atoms with Crippen molar-refractivity contribution in [2.75, 3.05) is 24.8 Å². The van der Waals surface area contributed by atoms with Gasteiger partial charge in [-0.3, -0.25) is 9.36 Å². The van der Waals surface area contributed by atoms with Crippen LogP contribution in [0, 0.1) is 3.57 Å². The summed E-state index contributed by atoms with van der Waals surface area (Å²) in [5, 5.41) is 9.72. The van der Waals surface area contributed by atoms with Crippen LogP contribution in [0.15, 0.2) is 34.2 Å². The number of aromatic amines is 1. The van der Waals surface area contributed by atoms with Crippen LogP contribution < -0.4 is 11.0 Å². The van der Waals surface area contributed by atoms with Crippen LogP contribution in [0.1, 0.15) is 6.42 Å². The van der Waals surface area contributed by atoms with E-state index in [2.05, 4.69) is 38.1 Å².